The number of aryl methyl sites for hydroxylation is 1. The molecule has 3 heterocycles. The zero-order valence-corrected chi connectivity index (χ0v) is 23.6. The molecule has 0 aliphatic carbocycles. The number of nitrogens with zero attached hydrogens (tertiary/aromatic N) is 4. The van der Waals surface area contributed by atoms with E-state index in [4.69, 9.17) is 16.7 Å². The third-order valence-electron chi connectivity index (χ3n) is 7.50. The fraction of sp³-hybridized carbons (Fsp3) is 0.242. The van der Waals surface area contributed by atoms with Crippen molar-refractivity contribution in [3.63, 3.8) is 0 Å². The Labute approximate surface area is 245 Å². The number of halogens is 1. The minimum absolute atomic E-state index is 0.144. The van der Waals surface area contributed by atoms with Gasteiger partial charge in [0, 0.05) is 28.4 Å². The normalized spacial score (nSPS) is 13.5. The first-order chi connectivity index (χ1) is 20.1. The molecule has 6 rings (SSSR count). The molecule has 0 saturated carbocycles. The molecule has 7 nitrogen and oxygen atoms in total. The van der Waals surface area contributed by atoms with E-state index in [0.717, 1.165) is 34.6 Å². The summed E-state index contributed by atoms with van der Waals surface area (Å²) >= 11 is 5.96. The second-order valence-corrected chi connectivity index (χ2v) is 10.9. The summed E-state index contributed by atoms with van der Waals surface area (Å²) in [6, 6.07) is 29.4. The number of hydrogen-bond donors (Lipinski definition) is 2. The third-order valence-corrected chi connectivity index (χ3v) is 7.75. The largest absolute Gasteiger partial charge is 0.348 e. The maximum absolute atomic E-state index is 12.9. The third kappa shape index (κ3) is 6.76. The van der Waals surface area contributed by atoms with Crippen molar-refractivity contribution in [2.45, 2.75) is 32.2 Å². The Hall–Kier alpha value is -4.20. The maximum Gasteiger partial charge on any atom is 0.251 e. The van der Waals surface area contributed by atoms with E-state index >= 15 is 0 Å². The second-order valence-electron chi connectivity index (χ2n) is 10.5. The number of rotatable bonds is 10. The van der Waals surface area contributed by atoms with Gasteiger partial charge in [0.1, 0.15) is 0 Å². The van der Waals surface area contributed by atoms with Crippen LogP contribution in [0.15, 0.2) is 91.0 Å². The van der Waals surface area contributed by atoms with E-state index < -0.39 is 0 Å². The van der Waals surface area contributed by atoms with Crippen molar-refractivity contribution in [2.24, 2.45) is 0 Å². The minimum Gasteiger partial charge on any atom is -0.348 e. The van der Waals surface area contributed by atoms with Gasteiger partial charge >= 0.3 is 0 Å². The summed E-state index contributed by atoms with van der Waals surface area (Å²) in [4.78, 5) is 20.1. The number of nitrogens with one attached hydrogen (secondary N) is 2. The molecule has 41 heavy (non-hydrogen) atoms. The van der Waals surface area contributed by atoms with Gasteiger partial charge in [-0.3, -0.25) is 4.79 Å². The second kappa shape index (κ2) is 12.5. The van der Waals surface area contributed by atoms with Crippen LogP contribution in [0.3, 0.4) is 0 Å². The van der Waals surface area contributed by atoms with E-state index in [2.05, 4.69) is 44.8 Å². The molecule has 208 valence electrons. The van der Waals surface area contributed by atoms with Gasteiger partial charge in [0.15, 0.2) is 5.65 Å². The summed E-state index contributed by atoms with van der Waals surface area (Å²) in [7, 11) is 0. The van der Waals surface area contributed by atoms with E-state index in [0.29, 0.717) is 23.1 Å². The van der Waals surface area contributed by atoms with Gasteiger partial charge in [-0.1, -0.05) is 54.1 Å². The molecular weight excluding hydrogens is 532 g/mol. The Morgan fingerprint density at radius 1 is 0.878 bits per heavy atom. The van der Waals surface area contributed by atoms with Crippen LogP contribution in [0.1, 0.15) is 40.7 Å². The van der Waals surface area contributed by atoms with Crippen LogP contribution >= 0.6 is 11.6 Å². The highest BCUT2D eigenvalue weighted by molar-refractivity contribution is 6.30. The predicted molar refractivity (Wildman–Crippen MR) is 165 cm³/mol. The molecule has 0 unspecified atom stereocenters. The Bertz CT molecular complexity index is 1620. The summed E-state index contributed by atoms with van der Waals surface area (Å²) in [6.07, 6.45) is 4.96. The SMILES string of the molecule is O=C(NCc1ccc(Cl)cc1)c1cccc(-c2cccc3nc(Nc4ccc(CCCN5CCCC5)cc4)nn23)c1. The van der Waals surface area contributed by atoms with Crippen LogP contribution in [0.2, 0.25) is 5.02 Å². The van der Waals surface area contributed by atoms with Crippen molar-refractivity contribution >= 4 is 34.8 Å². The number of carbonyl (C=O) groups is 1. The Balaban J connectivity index is 1.12. The van der Waals surface area contributed by atoms with Gasteiger partial charge in [-0.15, -0.1) is 5.10 Å². The number of aromatic nitrogens is 3. The zero-order chi connectivity index (χ0) is 28.0. The van der Waals surface area contributed by atoms with E-state index in [1.807, 2.05) is 66.7 Å². The standard InChI is InChI=1S/C33H33ClN6O/c34-28-15-11-25(12-16-28)23-35-32(41)27-8-3-7-26(22-27)30-9-4-10-31-37-33(38-40(30)31)36-29-17-13-24(14-18-29)6-5-21-39-19-1-2-20-39/h3-4,7-18,22H,1-2,5-6,19-21,23H2,(H,35,41)(H,36,38). The quantitative estimate of drug-likeness (QED) is 0.196. The molecule has 2 N–H and O–H groups in total. The average molecular weight is 565 g/mol. The first-order valence-electron chi connectivity index (χ1n) is 14.2. The van der Waals surface area contributed by atoms with E-state index in [1.165, 1.54) is 44.5 Å². The van der Waals surface area contributed by atoms with Crippen LogP contribution < -0.4 is 10.6 Å². The van der Waals surface area contributed by atoms with Crippen molar-refractivity contribution in [1.82, 2.24) is 24.8 Å². The number of likely N-dealkylation sites (tertiary alicyclic amines) is 1. The van der Waals surface area contributed by atoms with Gasteiger partial charge in [-0.05, 0) is 105 Å². The Morgan fingerprint density at radius 2 is 1.63 bits per heavy atom. The van der Waals surface area contributed by atoms with Gasteiger partial charge in [-0.25, -0.2) is 4.52 Å². The molecule has 1 fully saturated rings. The summed E-state index contributed by atoms with van der Waals surface area (Å²) in [5, 5.41) is 11.7. The van der Waals surface area contributed by atoms with Crippen molar-refractivity contribution in [2.75, 3.05) is 25.0 Å². The molecule has 1 aliphatic heterocycles. The minimum atomic E-state index is -0.144. The van der Waals surface area contributed by atoms with Crippen LogP contribution in [-0.4, -0.2) is 45.0 Å². The molecule has 0 radical (unpaired) electrons. The van der Waals surface area contributed by atoms with E-state index in [-0.39, 0.29) is 5.91 Å². The van der Waals surface area contributed by atoms with Gasteiger partial charge in [-0.2, -0.15) is 4.98 Å². The van der Waals surface area contributed by atoms with Gasteiger partial charge < -0.3 is 15.5 Å². The van der Waals surface area contributed by atoms with Crippen LogP contribution in [0.4, 0.5) is 11.6 Å². The Morgan fingerprint density at radius 3 is 2.44 bits per heavy atom. The summed E-state index contributed by atoms with van der Waals surface area (Å²) in [5.41, 5.74) is 6.31. The lowest BCUT2D eigenvalue weighted by atomic mass is 10.1. The number of fused-ring (bicyclic) bond motifs is 1. The van der Waals surface area contributed by atoms with E-state index in [1.54, 1.807) is 4.52 Å². The molecule has 2 aromatic heterocycles. The highest BCUT2D eigenvalue weighted by Gasteiger charge is 2.13. The smallest absolute Gasteiger partial charge is 0.251 e. The summed E-state index contributed by atoms with van der Waals surface area (Å²) < 4.78 is 1.81. The highest BCUT2D eigenvalue weighted by Crippen LogP contribution is 2.24. The molecule has 5 aromatic rings. The van der Waals surface area contributed by atoms with Crippen molar-refractivity contribution in [3.8, 4) is 11.3 Å². The van der Waals surface area contributed by atoms with Crippen LogP contribution in [0.25, 0.3) is 16.9 Å². The molecule has 3 aromatic carbocycles. The zero-order valence-electron chi connectivity index (χ0n) is 22.9. The Kier molecular flexibility index (Phi) is 8.26. The van der Waals surface area contributed by atoms with Gasteiger partial charge in [0.2, 0.25) is 5.95 Å². The number of amides is 1. The van der Waals surface area contributed by atoms with Crippen molar-refractivity contribution in [1.29, 1.82) is 0 Å². The average Bonchev–Trinajstić information content (AvgIpc) is 3.67. The number of anilines is 2. The number of carbonyl (C=O) groups excluding carboxylic acids is 1. The number of hydrogen-bond acceptors (Lipinski definition) is 5. The molecule has 1 saturated heterocycles. The van der Waals surface area contributed by atoms with Gasteiger partial charge in [0.25, 0.3) is 5.91 Å². The highest BCUT2D eigenvalue weighted by atomic mass is 35.5. The molecule has 1 aliphatic rings. The number of pyridine rings is 1. The lowest BCUT2D eigenvalue weighted by Crippen LogP contribution is -2.22. The lowest BCUT2D eigenvalue weighted by molar-refractivity contribution is 0.0951. The monoisotopic (exact) mass is 564 g/mol. The number of benzene rings is 3. The molecule has 0 bridgehead atoms. The lowest BCUT2D eigenvalue weighted by Gasteiger charge is -2.14. The van der Waals surface area contributed by atoms with Crippen LogP contribution in [-0.2, 0) is 13.0 Å². The molecular formula is C33H33ClN6O. The topological polar surface area (TPSA) is 74.6 Å². The molecule has 0 spiro atoms. The molecule has 0 atom stereocenters. The molecule has 1 amide bonds. The first-order valence-corrected chi connectivity index (χ1v) is 14.6. The van der Waals surface area contributed by atoms with Crippen molar-refractivity contribution in [3.05, 3.63) is 113 Å². The first kappa shape index (κ1) is 27.0. The van der Waals surface area contributed by atoms with Gasteiger partial charge in [0.05, 0.1) is 5.69 Å². The molecule has 8 heteroatoms. The summed E-state index contributed by atoms with van der Waals surface area (Å²) in [6.45, 7) is 4.11. The fourth-order valence-corrected chi connectivity index (χ4v) is 5.41. The predicted octanol–water partition coefficient (Wildman–Crippen LogP) is 6.75. The van der Waals surface area contributed by atoms with Crippen LogP contribution in [0.5, 0.6) is 0 Å². The fourth-order valence-electron chi connectivity index (χ4n) is 5.28. The van der Waals surface area contributed by atoms with Crippen molar-refractivity contribution < 1.29 is 4.79 Å². The maximum atomic E-state index is 12.9. The summed E-state index contributed by atoms with van der Waals surface area (Å²) in [5.74, 6) is 0.380. The van der Waals surface area contributed by atoms with E-state index in [9.17, 15) is 4.79 Å². The van der Waals surface area contributed by atoms with Crippen LogP contribution in [0, 0.1) is 0 Å².